The lowest BCUT2D eigenvalue weighted by molar-refractivity contribution is -0.137. The fourth-order valence-corrected chi connectivity index (χ4v) is 8.67. The van der Waals surface area contributed by atoms with Gasteiger partial charge in [0.15, 0.2) is 0 Å². The largest absolute Gasteiger partial charge is 0.416 e. The van der Waals surface area contributed by atoms with Crippen LogP contribution in [-0.4, -0.2) is 69.0 Å². The maximum Gasteiger partial charge on any atom is 0.416 e. The molecule has 2 fully saturated rings. The average molecular weight is 724 g/mol. The minimum absolute atomic E-state index is 0.0661. The van der Waals surface area contributed by atoms with Crippen molar-refractivity contribution in [1.29, 1.82) is 0 Å². The van der Waals surface area contributed by atoms with Gasteiger partial charge in [0.1, 0.15) is 27.1 Å². The van der Waals surface area contributed by atoms with Crippen LogP contribution in [0.1, 0.15) is 23.1 Å². The average Bonchev–Trinajstić information content (AvgIpc) is 3.65. The van der Waals surface area contributed by atoms with Crippen molar-refractivity contribution in [1.82, 2.24) is 19.5 Å². The zero-order valence-electron chi connectivity index (χ0n) is 25.4. The molecule has 254 valence electrons. The third-order valence-electron chi connectivity index (χ3n) is 8.25. The maximum absolute atomic E-state index is 14.5. The summed E-state index contributed by atoms with van der Waals surface area (Å²) in [5, 5.41) is 2.72. The van der Waals surface area contributed by atoms with E-state index in [1.165, 1.54) is 29.8 Å². The maximum atomic E-state index is 14.5. The summed E-state index contributed by atoms with van der Waals surface area (Å²) >= 11 is 6.95. The predicted molar refractivity (Wildman–Crippen MR) is 176 cm³/mol. The molecule has 1 amide bonds. The molecular formula is C33H31ClF5N5O2S2. The van der Waals surface area contributed by atoms with Gasteiger partial charge >= 0.3 is 6.18 Å². The van der Waals surface area contributed by atoms with Crippen LogP contribution in [-0.2, 0) is 35.0 Å². The SMILES string of the molecule is O=C(NCc1cc(-c2ccc(C(F)(F)F)cc2)nc(N2CCN(Cc3ccccc3)CC2)c1)C1CC(F)(F)CN1S(=O)c1ccc(Cl)s1. The van der Waals surface area contributed by atoms with Crippen molar-refractivity contribution in [3.05, 3.63) is 99.9 Å². The number of aromatic nitrogens is 1. The fourth-order valence-electron chi connectivity index (χ4n) is 5.79. The molecule has 2 atom stereocenters. The van der Waals surface area contributed by atoms with Crippen LogP contribution in [0.15, 0.2) is 83.1 Å². The summed E-state index contributed by atoms with van der Waals surface area (Å²) in [4.78, 5) is 22.5. The molecule has 0 bridgehead atoms. The second-order valence-electron chi connectivity index (χ2n) is 11.7. The number of anilines is 1. The monoisotopic (exact) mass is 723 g/mol. The minimum Gasteiger partial charge on any atom is -0.354 e. The van der Waals surface area contributed by atoms with E-state index in [2.05, 4.69) is 27.2 Å². The van der Waals surface area contributed by atoms with Crippen molar-refractivity contribution in [2.75, 3.05) is 37.6 Å². The Hall–Kier alpha value is -3.43. The molecule has 6 rings (SSSR count). The number of pyridine rings is 1. The molecular weight excluding hydrogens is 693 g/mol. The van der Waals surface area contributed by atoms with E-state index in [9.17, 15) is 31.0 Å². The van der Waals surface area contributed by atoms with Crippen molar-refractivity contribution in [3.63, 3.8) is 0 Å². The molecule has 2 aromatic heterocycles. The van der Waals surface area contributed by atoms with Crippen LogP contribution in [0.2, 0.25) is 4.34 Å². The number of rotatable bonds is 9. The lowest BCUT2D eigenvalue weighted by atomic mass is 10.1. The molecule has 0 radical (unpaired) electrons. The Labute approximate surface area is 285 Å². The lowest BCUT2D eigenvalue weighted by Gasteiger charge is -2.35. The van der Waals surface area contributed by atoms with E-state index in [1.807, 2.05) is 18.2 Å². The first-order valence-corrected chi connectivity index (χ1v) is 17.4. The number of thiophene rings is 1. The van der Waals surface area contributed by atoms with Gasteiger partial charge in [0.25, 0.3) is 5.92 Å². The van der Waals surface area contributed by atoms with E-state index in [4.69, 9.17) is 16.6 Å². The van der Waals surface area contributed by atoms with Crippen LogP contribution in [0.3, 0.4) is 0 Å². The van der Waals surface area contributed by atoms with Crippen LogP contribution in [0.25, 0.3) is 11.3 Å². The van der Waals surface area contributed by atoms with Crippen LogP contribution in [0.4, 0.5) is 27.8 Å². The van der Waals surface area contributed by atoms with Gasteiger partial charge < -0.3 is 10.2 Å². The smallest absolute Gasteiger partial charge is 0.354 e. The number of nitrogens with zero attached hydrogens (tertiary/aromatic N) is 4. The zero-order valence-corrected chi connectivity index (χ0v) is 27.8. The fraction of sp³-hybridized carbons (Fsp3) is 0.333. The van der Waals surface area contributed by atoms with Gasteiger partial charge in [-0.25, -0.2) is 22.3 Å². The number of alkyl halides is 5. The van der Waals surface area contributed by atoms with Crippen LogP contribution < -0.4 is 10.2 Å². The molecule has 4 aromatic rings. The Morgan fingerprint density at radius 3 is 2.33 bits per heavy atom. The third-order valence-corrected chi connectivity index (χ3v) is 11.2. The first-order chi connectivity index (χ1) is 22.8. The van der Waals surface area contributed by atoms with Crippen molar-refractivity contribution < 1.29 is 31.0 Å². The van der Waals surface area contributed by atoms with Gasteiger partial charge in [-0.2, -0.15) is 13.2 Å². The van der Waals surface area contributed by atoms with Crippen LogP contribution in [0.5, 0.6) is 0 Å². The number of benzene rings is 2. The predicted octanol–water partition coefficient (Wildman–Crippen LogP) is 6.85. The molecule has 15 heteroatoms. The number of piperazine rings is 1. The molecule has 48 heavy (non-hydrogen) atoms. The Balaban J connectivity index is 1.21. The van der Waals surface area contributed by atoms with E-state index < -0.39 is 53.6 Å². The number of carbonyl (C=O) groups excluding carboxylic acids is 1. The topological polar surface area (TPSA) is 68.8 Å². The van der Waals surface area contributed by atoms with Gasteiger partial charge in [-0.1, -0.05) is 54.1 Å². The molecule has 0 aliphatic carbocycles. The van der Waals surface area contributed by atoms with Crippen LogP contribution >= 0.6 is 22.9 Å². The molecule has 2 unspecified atom stereocenters. The highest BCUT2D eigenvalue weighted by atomic mass is 35.5. The molecule has 0 spiro atoms. The van der Waals surface area contributed by atoms with Crippen molar-refractivity contribution in [2.24, 2.45) is 0 Å². The second-order valence-corrected chi connectivity index (χ2v) is 15.1. The minimum atomic E-state index is -4.49. The van der Waals surface area contributed by atoms with Crippen molar-refractivity contribution >= 4 is 45.6 Å². The van der Waals surface area contributed by atoms with Gasteiger partial charge in [0.05, 0.1) is 22.1 Å². The molecule has 2 aromatic carbocycles. The quantitative estimate of drug-likeness (QED) is 0.192. The summed E-state index contributed by atoms with van der Waals surface area (Å²) < 4.78 is 83.6. The lowest BCUT2D eigenvalue weighted by Crippen LogP contribution is -2.46. The summed E-state index contributed by atoms with van der Waals surface area (Å²) in [7, 11) is -2.02. The first kappa shape index (κ1) is 34.4. The van der Waals surface area contributed by atoms with Gasteiger partial charge in [-0.3, -0.25) is 9.69 Å². The molecule has 7 nitrogen and oxygen atoms in total. The van der Waals surface area contributed by atoms with E-state index in [1.54, 1.807) is 12.1 Å². The molecule has 2 saturated heterocycles. The highest BCUT2D eigenvalue weighted by Gasteiger charge is 2.50. The molecule has 2 aliphatic heterocycles. The van der Waals surface area contributed by atoms with Gasteiger partial charge in [-0.05, 0) is 47.5 Å². The first-order valence-electron chi connectivity index (χ1n) is 15.1. The summed E-state index contributed by atoms with van der Waals surface area (Å²) in [6.07, 6.45) is -5.29. The number of amides is 1. The standard InChI is InChI=1S/C33H31ClF5N5O2S2/c34-28-10-11-30(47-28)48(46)44-21-32(35,36)18-27(44)31(45)40-19-23-16-26(24-6-8-25(9-7-24)33(37,38)39)41-29(17-23)43-14-12-42(13-15-43)20-22-4-2-1-3-5-22/h1-11,16-17,27H,12-15,18-21H2,(H,40,45). The highest BCUT2D eigenvalue weighted by Crippen LogP contribution is 2.37. The summed E-state index contributed by atoms with van der Waals surface area (Å²) in [5.41, 5.74) is 1.85. The van der Waals surface area contributed by atoms with E-state index in [0.29, 0.717) is 40.1 Å². The number of nitrogens with one attached hydrogen (secondary N) is 1. The van der Waals surface area contributed by atoms with Crippen molar-refractivity contribution in [2.45, 2.75) is 41.9 Å². The zero-order chi connectivity index (χ0) is 34.1. The molecule has 1 N–H and O–H groups in total. The van der Waals surface area contributed by atoms with Crippen molar-refractivity contribution in [3.8, 4) is 11.3 Å². The highest BCUT2D eigenvalue weighted by molar-refractivity contribution is 7.85. The Bertz CT molecular complexity index is 1770. The van der Waals surface area contributed by atoms with Crippen LogP contribution in [0, 0.1) is 0 Å². The summed E-state index contributed by atoms with van der Waals surface area (Å²) in [5.74, 6) is -3.35. The van der Waals surface area contributed by atoms with Gasteiger partial charge in [-0.15, -0.1) is 11.3 Å². The second kappa shape index (κ2) is 14.2. The molecule has 0 saturated carbocycles. The molecule has 2 aliphatic rings. The number of hydrogen-bond donors (Lipinski definition) is 1. The number of hydrogen-bond acceptors (Lipinski definition) is 6. The summed E-state index contributed by atoms with van der Waals surface area (Å²) in [6.45, 7) is 2.69. The van der Waals surface area contributed by atoms with E-state index in [0.717, 1.165) is 47.4 Å². The Kier molecular flexibility index (Phi) is 10.2. The van der Waals surface area contributed by atoms with E-state index >= 15 is 0 Å². The number of halogens is 6. The third kappa shape index (κ3) is 8.23. The molecule has 4 heterocycles. The summed E-state index contributed by atoms with van der Waals surface area (Å²) in [6, 6.07) is 19.9. The van der Waals surface area contributed by atoms with Gasteiger partial charge in [0, 0.05) is 51.3 Å². The van der Waals surface area contributed by atoms with Gasteiger partial charge in [0.2, 0.25) is 5.91 Å². The normalized spacial score (nSPS) is 19.4. The Morgan fingerprint density at radius 1 is 0.979 bits per heavy atom. The number of carbonyl (C=O) groups is 1. The Morgan fingerprint density at radius 2 is 1.69 bits per heavy atom. The van der Waals surface area contributed by atoms with E-state index in [-0.39, 0.29) is 10.8 Å².